The van der Waals surface area contributed by atoms with Gasteiger partial charge >= 0.3 is 0 Å². The lowest BCUT2D eigenvalue weighted by atomic mass is 10.3. The van der Waals surface area contributed by atoms with Gasteiger partial charge in [-0.25, -0.2) is 13.6 Å². The van der Waals surface area contributed by atoms with Crippen molar-refractivity contribution in [3.05, 3.63) is 33.7 Å². The third-order valence-electron chi connectivity index (χ3n) is 2.38. The normalized spacial score (nSPS) is 12.6. The average Bonchev–Trinajstić information content (AvgIpc) is 2.38. The van der Waals surface area contributed by atoms with Gasteiger partial charge in [-0.05, 0) is 50.9 Å². The highest BCUT2D eigenvalue weighted by molar-refractivity contribution is 9.11. The fourth-order valence-corrected chi connectivity index (χ4v) is 3.60. The summed E-state index contributed by atoms with van der Waals surface area (Å²) in [6.45, 7) is 5.40. The van der Waals surface area contributed by atoms with E-state index in [9.17, 15) is 13.2 Å². The van der Waals surface area contributed by atoms with Crippen LogP contribution in [-0.4, -0.2) is 27.0 Å². The number of rotatable bonds is 6. The first-order valence-corrected chi connectivity index (χ1v) is 8.87. The van der Waals surface area contributed by atoms with Gasteiger partial charge in [0.05, 0.1) is 13.8 Å². The van der Waals surface area contributed by atoms with Gasteiger partial charge in [0.25, 0.3) is 5.91 Å². The molecule has 0 heterocycles. The van der Waals surface area contributed by atoms with Gasteiger partial charge in [-0.1, -0.05) is 6.08 Å². The van der Waals surface area contributed by atoms with Crippen LogP contribution in [0.3, 0.4) is 0 Å². The smallest absolute Gasteiger partial charge is 0.261 e. The number of halogens is 2. The summed E-state index contributed by atoms with van der Waals surface area (Å²) in [7, 11) is -3.83. The predicted molar refractivity (Wildman–Crippen MR) is 86.5 cm³/mol. The van der Waals surface area contributed by atoms with Gasteiger partial charge < -0.3 is 10.1 Å². The van der Waals surface area contributed by atoms with Gasteiger partial charge in [0.2, 0.25) is 10.0 Å². The van der Waals surface area contributed by atoms with E-state index >= 15 is 0 Å². The molecule has 0 radical (unpaired) electrons. The Bertz CT molecular complexity index is 638. The maximum atomic E-state index is 11.7. The monoisotopic (exact) mass is 440 g/mol. The van der Waals surface area contributed by atoms with Crippen LogP contribution in [-0.2, 0) is 14.8 Å². The molecule has 1 aromatic rings. The zero-order valence-electron chi connectivity index (χ0n) is 11.1. The van der Waals surface area contributed by atoms with Crippen molar-refractivity contribution in [2.75, 3.05) is 6.54 Å². The van der Waals surface area contributed by atoms with Crippen molar-refractivity contribution in [2.24, 2.45) is 5.14 Å². The molecule has 9 heteroatoms. The highest BCUT2D eigenvalue weighted by Gasteiger charge is 2.20. The first-order valence-electron chi connectivity index (χ1n) is 5.74. The second kappa shape index (κ2) is 7.39. The largest absolute Gasteiger partial charge is 0.479 e. The van der Waals surface area contributed by atoms with Crippen LogP contribution in [0.15, 0.2) is 38.6 Å². The lowest BCUT2D eigenvalue weighted by Crippen LogP contribution is -2.36. The number of amides is 1. The lowest BCUT2D eigenvalue weighted by molar-refractivity contribution is -0.127. The standard InChI is InChI=1S/C12H14Br2N2O4S/c1-3-4-16-12(17)7(2)20-11-9(13)5-8(6-10(11)14)21(15,18)19/h3,5-7H,1,4H2,2H3,(H,16,17)(H2,15,18,19). The van der Waals surface area contributed by atoms with Crippen molar-refractivity contribution >= 4 is 47.8 Å². The number of nitrogens with two attached hydrogens (primary N) is 1. The van der Waals surface area contributed by atoms with Gasteiger partial charge in [0.15, 0.2) is 6.10 Å². The van der Waals surface area contributed by atoms with E-state index in [-0.39, 0.29) is 10.8 Å². The van der Waals surface area contributed by atoms with Gasteiger partial charge in [0.1, 0.15) is 5.75 Å². The van der Waals surface area contributed by atoms with Gasteiger partial charge in [-0.2, -0.15) is 0 Å². The van der Waals surface area contributed by atoms with Crippen molar-refractivity contribution in [3.63, 3.8) is 0 Å². The van der Waals surface area contributed by atoms with Gasteiger partial charge in [0, 0.05) is 6.54 Å². The summed E-state index contributed by atoms with van der Waals surface area (Å²) in [6, 6.07) is 2.62. The van der Waals surface area contributed by atoms with E-state index in [4.69, 9.17) is 9.88 Å². The molecular weight excluding hydrogens is 428 g/mol. The van der Waals surface area contributed by atoms with Crippen LogP contribution in [0.4, 0.5) is 0 Å². The Morgan fingerprint density at radius 3 is 2.43 bits per heavy atom. The topological polar surface area (TPSA) is 98.5 Å². The summed E-state index contributed by atoms with van der Waals surface area (Å²) in [4.78, 5) is 11.7. The Morgan fingerprint density at radius 1 is 1.48 bits per heavy atom. The summed E-state index contributed by atoms with van der Waals surface area (Å²) in [6.07, 6.45) is 0.787. The molecule has 3 N–H and O–H groups in total. The number of primary sulfonamides is 1. The minimum absolute atomic E-state index is 0.0719. The summed E-state index contributed by atoms with van der Waals surface area (Å²) in [5, 5.41) is 7.66. The van der Waals surface area contributed by atoms with Crippen molar-refractivity contribution in [3.8, 4) is 5.75 Å². The minimum atomic E-state index is -3.83. The van der Waals surface area contributed by atoms with Crippen LogP contribution in [0.1, 0.15) is 6.92 Å². The maximum absolute atomic E-state index is 11.7. The molecule has 0 aliphatic carbocycles. The SMILES string of the molecule is C=CCNC(=O)C(C)Oc1c(Br)cc(S(N)(=O)=O)cc1Br. The number of sulfonamides is 1. The molecule has 1 atom stereocenters. The Morgan fingerprint density at radius 2 is 2.00 bits per heavy atom. The van der Waals surface area contributed by atoms with Crippen LogP contribution in [0, 0.1) is 0 Å². The minimum Gasteiger partial charge on any atom is -0.479 e. The third-order valence-corrected chi connectivity index (χ3v) is 4.46. The van der Waals surface area contributed by atoms with Gasteiger partial charge in [-0.3, -0.25) is 4.79 Å². The molecule has 1 unspecified atom stereocenters. The number of benzene rings is 1. The van der Waals surface area contributed by atoms with E-state index in [0.29, 0.717) is 21.2 Å². The van der Waals surface area contributed by atoms with Gasteiger partial charge in [-0.15, -0.1) is 6.58 Å². The number of hydrogen-bond acceptors (Lipinski definition) is 4. The van der Waals surface area contributed by atoms with Crippen LogP contribution in [0.25, 0.3) is 0 Å². The molecule has 21 heavy (non-hydrogen) atoms. The fourth-order valence-electron chi connectivity index (χ4n) is 1.36. The Kier molecular flexibility index (Phi) is 6.39. The Hall–Kier alpha value is -0.900. The second-order valence-corrected chi connectivity index (χ2v) is 7.33. The second-order valence-electron chi connectivity index (χ2n) is 4.05. The van der Waals surface area contributed by atoms with E-state index in [2.05, 4.69) is 43.8 Å². The number of carbonyl (C=O) groups is 1. The van der Waals surface area contributed by atoms with E-state index in [1.165, 1.54) is 12.1 Å². The molecule has 0 aliphatic heterocycles. The lowest BCUT2D eigenvalue weighted by Gasteiger charge is -2.17. The molecule has 116 valence electrons. The number of ether oxygens (including phenoxy) is 1. The maximum Gasteiger partial charge on any atom is 0.261 e. The molecule has 0 bridgehead atoms. The predicted octanol–water partition coefficient (Wildman–Crippen LogP) is 1.93. The first kappa shape index (κ1) is 18.1. The summed E-state index contributed by atoms with van der Waals surface area (Å²) < 4.78 is 28.9. The zero-order valence-corrected chi connectivity index (χ0v) is 15.1. The van der Waals surface area contributed by atoms with E-state index < -0.39 is 16.1 Å². The molecule has 1 rings (SSSR count). The number of carbonyl (C=O) groups excluding carboxylic acids is 1. The van der Waals surface area contributed by atoms with E-state index in [1.807, 2.05) is 0 Å². The zero-order chi connectivity index (χ0) is 16.2. The van der Waals surface area contributed by atoms with Crippen LogP contribution in [0.2, 0.25) is 0 Å². The fraction of sp³-hybridized carbons (Fsp3) is 0.250. The van der Waals surface area contributed by atoms with Crippen LogP contribution >= 0.6 is 31.9 Å². The molecule has 0 saturated heterocycles. The molecule has 0 spiro atoms. The Balaban J connectivity index is 3.00. The molecule has 6 nitrogen and oxygen atoms in total. The number of hydrogen-bond donors (Lipinski definition) is 2. The van der Waals surface area contributed by atoms with E-state index in [0.717, 1.165) is 0 Å². The van der Waals surface area contributed by atoms with Crippen molar-refractivity contribution < 1.29 is 17.9 Å². The molecule has 1 aromatic carbocycles. The molecule has 0 aliphatic rings. The third kappa shape index (κ3) is 5.10. The van der Waals surface area contributed by atoms with E-state index in [1.54, 1.807) is 13.0 Å². The summed E-state index contributed by atoms with van der Waals surface area (Å²) in [5.41, 5.74) is 0. The summed E-state index contributed by atoms with van der Waals surface area (Å²) >= 11 is 6.40. The van der Waals surface area contributed by atoms with Crippen molar-refractivity contribution in [1.29, 1.82) is 0 Å². The van der Waals surface area contributed by atoms with Crippen LogP contribution < -0.4 is 15.2 Å². The van der Waals surface area contributed by atoms with Crippen molar-refractivity contribution in [1.82, 2.24) is 5.32 Å². The molecular formula is C12H14Br2N2O4S. The molecule has 0 saturated carbocycles. The van der Waals surface area contributed by atoms with Crippen molar-refractivity contribution in [2.45, 2.75) is 17.9 Å². The Labute approximate surface area is 140 Å². The highest BCUT2D eigenvalue weighted by atomic mass is 79.9. The average molecular weight is 442 g/mol. The number of nitrogens with one attached hydrogen (secondary N) is 1. The highest BCUT2D eigenvalue weighted by Crippen LogP contribution is 2.36. The molecule has 0 fully saturated rings. The van der Waals surface area contributed by atoms with Crippen LogP contribution in [0.5, 0.6) is 5.75 Å². The first-order chi connectivity index (χ1) is 9.66. The summed E-state index contributed by atoms with van der Waals surface area (Å²) in [5.74, 6) is -0.00660. The quantitative estimate of drug-likeness (QED) is 0.659. The molecule has 1 amide bonds. The molecule has 0 aromatic heterocycles.